The molecule has 2 aromatic carbocycles. The van der Waals surface area contributed by atoms with Crippen LogP contribution in [0, 0.1) is 35.0 Å². The lowest BCUT2D eigenvalue weighted by molar-refractivity contribution is -0.275. The van der Waals surface area contributed by atoms with E-state index in [1.165, 1.54) is 0 Å². The minimum Gasteiger partial charge on any atom is -0.406 e. The van der Waals surface area contributed by atoms with Gasteiger partial charge < -0.3 is 9.47 Å². The number of alkyl halides is 6. The molecule has 14 heteroatoms. The maximum absolute atomic E-state index is 13.8. The highest BCUT2D eigenvalue weighted by Gasteiger charge is 2.74. The summed E-state index contributed by atoms with van der Waals surface area (Å²) in [5.74, 6) is -8.63. The average Bonchev–Trinajstić information content (AvgIpc) is 3.30. The maximum atomic E-state index is 13.8. The van der Waals surface area contributed by atoms with E-state index in [-0.39, 0.29) is 11.4 Å². The predicted octanol–water partition coefficient (Wildman–Crippen LogP) is 4.99. The predicted molar refractivity (Wildman–Crippen MR) is 131 cm³/mol. The van der Waals surface area contributed by atoms with Crippen LogP contribution < -0.4 is 19.3 Å². The third-order valence-corrected chi connectivity index (χ3v) is 8.54. The molecule has 4 amide bonds. The van der Waals surface area contributed by atoms with Gasteiger partial charge in [-0.25, -0.2) is 0 Å². The Morgan fingerprint density at radius 3 is 1.31 bits per heavy atom. The van der Waals surface area contributed by atoms with E-state index >= 15 is 0 Å². The number of allylic oxidation sites excluding steroid dienone is 2. The quantitative estimate of drug-likeness (QED) is 0.282. The summed E-state index contributed by atoms with van der Waals surface area (Å²) in [5.41, 5.74) is -0.621. The summed E-state index contributed by atoms with van der Waals surface area (Å²) in [6.45, 7) is 3.31. The highest BCUT2D eigenvalue weighted by atomic mass is 19.4. The van der Waals surface area contributed by atoms with Crippen LogP contribution in [-0.4, -0.2) is 36.4 Å². The van der Waals surface area contributed by atoms with Gasteiger partial charge in [-0.2, -0.15) is 0 Å². The molecule has 0 aromatic heterocycles. The van der Waals surface area contributed by atoms with E-state index in [0.717, 1.165) is 58.3 Å². The molecule has 2 saturated heterocycles. The SMILES string of the molecule is CC1=CC2(C)[C@@H]3C(=O)N(c4ccc(OC(F)(F)F)cc4)C(=O)[C@@H]3C1[C@H]1C(=O)N(c3ccc(OC(F)(F)F)cc3)C(=O)[C@@H]12. The van der Waals surface area contributed by atoms with Crippen LogP contribution in [0.15, 0.2) is 60.2 Å². The van der Waals surface area contributed by atoms with E-state index in [0.29, 0.717) is 5.57 Å². The number of amides is 4. The van der Waals surface area contributed by atoms with Crippen LogP contribution in [0.3, 0.4) is 0 Å². The Balaban J connectivity index is 1.33. The Morgan fingerprint density at radius 1 is 0.619 bits per heavy atom. The molecular weight excluding hydrogens is 574 g/mol. The zero-order valence-electron chi connectivity index (χ0n) is 21.7. The number of rotatable bonds is 4. The lowest BCUT2D eigenvalue weighted by Gasteiger charge is -2.53. The number of imide groups is 2. The molecule has 3 fully saturated rings. The van der Waals surface area contributed by atoms with E-state index in [9.17, 15) is 45.5 Å². The average molecular weight is 594 g/mol. The monoisotopic (exact) mass is 594 g/mol. The zero-order valence-corrected chi connectivity index (χ0v) is 21.7. The molecule has 42 heavy (non-hydrogen) atoms. The van der Waals surface area contributed by atoms with E-state index < -0.39 is 82.9 Å². The van der Waals surface area contributed by atoms with Gasteiger partial charge in [0.1, 0.15) is 11.5 Å². The first kappa shape index (κ1) is 27.8. The molecule has 0 radical (unpaired) electrons. The number of hydrogen-bond acceptors (Lipinski definition) is 6. The van der Waals surface area contributed by atoms with Gasteiger partial charge in [-0.3, -0.25) is 29.0 Å². The van der Waals surface area contributed by atoms with Gasteiger partial charge in [-0.15, -0.1) is 26.3 Å². The molecule has 3 aliphatic carbocycles. The van der Waals surface area contributed by atoms with Crippen molar-refractivity contribution in [1.29, 1.82) is 0 Å². The summed E-state index contributed by atoms with van der Waals surface area (Å²) >= 11 is 0. The van der Waals surface area contributed by atoms with Crippen molar-refractivity contribution < 1.29 is 55.0 Å². The van der Waals surface area contributed by atoms with E-state index in [2.05, 4.69) is 9.47 Å². The molecule has 0 N–H and O–H groups in total. The third kappa shape index (κ3) is 4.06. The number of hydrogen-bond donors (Lipinski definition) is 0. The number of carbonyl (C=O) groups excluding carboxylic acids is 4. The highest BCUT2D eigenvalue weighted by molar-refractivity contribution is 6.26. The molecule has 2 bridgehead atoms. The van der Waals surface area contributed by atoms with Crippen LogP contribution in [0.5, 0.6) is 11.5 Å². The molecule has 2 aromatic rings. The fourth-order valence-electron chi connectivity index (χ4n) is 7.27. The van der Waals surface area contributed by atoms with Gasteiger partial charge in [-0.1, -0.05) is 18.6 Å². The van der Waals surface area contributed by atoms with Gasteiger partial charge in [0, 0.05) is 11.3 Å². The first-order valence-corrected chi connectivity index (χ1v) is 12.7. The normalized spacial score (nSPS) is 30.5. The molecule has 2 aliphatic heterocycles. The number of anilines is 2. The first-order valence-electron chi connectivity index (χ1n) is 12.7. The van der Waals surface area contributed by atoms with E-state index in [1.807, 2.05) is 0 Å². The first-order chi connectivity index (χ1) is 19.5. The summed E-state index contributed by atoms with van der Waals surface area (Å²) in [6, 6.07) is 8.44. The molecule has 2 heterocycles. The van der Waals surface area contributed by atoms with E-state index in [4.69, 9.17) is 0 Å². The molecular formula is C28H20F6N2O6. The van der Waals surface area contributed by atoms with Crippen molar-refractivity contribution in [2.24, 2.45) is 35.0 Å². The number of nitrogens with zero attached hydrogens (tertiary/aromatic N) is 2. The molecule has 6 atom stereocenters. The molecule has 220 valence electrons. The minimum absolute atomic E-state index is 0.0141. The number of carbonyl (C=O) groups is 4. The highest BCUT2D eigenvalue weighted by Crippen LogP contribution is 2.66. The van der Waals surface area contributed by atoms with Gasteiger partial charge in [0.2, 0.25) is 23.6 Å². The fourth-order valence-corrected chi connectivity index (χ4v) is 7.27. The van der Waals surface area contributed by atoms with Crippen LogP contribution in [0.1, 0.15) is 13.8 Å². The van der Waals surface area contributed by atoms with Crippen LogP contribution in [-0.2, 0) is 19.2 Å². The summed E-state index contributed by atoms with van der Waals surface area (Å²) in [4.78, 5) is 56.9. The van der Waals surface area contributed by atoms with E-state index in [1.54, 1.807) is 19.9 Å². The fraction of sp³-hybridized carbons (Fsp3) is 0.357. The molecule has 0 spiro atoms. The van der Waals surface area contributed by atoms with Crippen molar-refractivity contribution in [2.45, 2.75) is 26.6 Å². The number of ether oxygens (including phenoxy) is 2. The van der Waals surface area contributed by atoms with Crippen molar-refractivity contribution >= 4 is 35.0 Å². The second-order valence-corrected chi connectivity index (χ2v) is 10.9. The van der Waals surface area contributed by atoms with Crippen LogP contribution >= 0.6 is 0 Å². The van der Waals surface area contributed by atoms with Crippen LogP contribution in [0.25, 0.3) is 0 Å². The van der Waals surface area contributed by atoms with Crippen molar-refractivity contribution in [3.8, 4) is 11.5 Å². The molecule has 7 rings (SSSR count). The zero-order chi connectivity index (χ0) is 30.5. The minimum atomic E-state index is -4.93. The Morgan fingerprint density at radius 2 is 0.976 bits per heavy atom. The summed E-state index contributed by atoms with van der Waals surface area (Å²) < 4.78 is 83.2. The van der Waals surface area contributed by atoms with Crippen molar-refractivity contribution in [3.63, 3.8) is 0 Å². The van der Waals surface area contributed by atoms with Crippen LogP contribution in [0.2, 0.25) is 0 Å². The van der Waals surface area contributed by atoms with Crippen molar-refractivity contribution in [3.05, 3.63) is 60.2 Å². The van der Waals surface area contributed by atoms with Gasteiger partial charge in [0.15, 0.2) is 0 Å². The van der Waals surface area contributed by atoms with Gasteiger partial charge in [0.05, 0.1) is 35.0 Å². The topological polar surface area (TPSA) is 93.2 Å². The molecule has 5 aliphatic rings. The third-order valence-electron chi connectivity index (χ3n) is 8.54. The second kappa shape index (κ2) is 8.82. The Labute approximate surface area is 233 Å². The summed E-state index contributed by atoms with van der Waals surface area (Å²) in [6.07, 6.45) is -8.14. The smallest absolute Gasteiger partial charge is 0.406 e. The Bertz CT molecular complexity index is 1440. The standard InChI is InChI=1S/C28H20F6N2O6/c1-12-11-26(2)20-18(22(37)35(24(20)39)13-3-7-15(8-4-13)41-27(29,30)31)17(12)19-21(26)25(40)36(23(19)38)14-5-9-16(10-6-14)42-28(32,33)34/h3-11,17-21H,1-2H3/t17?,18-,19-,20-,21+,26?/m1/s1. The Hall–Kier alpha value is -4.36. The molecule has 1 saturated carbocycles. The van der Waals surface area contributed by atoms with Gasteiger partial charge >= 0.3 is 12.7 Å². The van der Waals surface area contributed by atoms with Crippen molar-refractivity contribution in [2.75, 3.05) is 9.80 Å². The summed E-state index contributed by atoms with van der Waals surface area (Å²) in [5, 5.41) is 0. The lowest BCUT2D eigenvalue weighted by atomic mass is 9.46. The summed E-state index contributed by atoms with van der Waals surface area (Å²) in [7, 11) is 0. The largest absolute Gasteiger partial charge is 0.573 e. The van der Waals surface area contributed by atoms with Gasteiger partial charge in [-0.05, 0) is 55.5 Å². The lowest BCUT2D eigenvalue weighted by Crippen LogP contribution is -2.57. The maximum Gasteiger partial charge on any atom is 0.573 e. The second-order valence-electron chi connectivity index (χ2n) is 10.9. The van der Waals surface area contributed by atoms with Crippen LogP contribution in [0.4, 0.5) is 37.7 Å². The molecule has 2 unspecified atom stereocenters. The molecule has 8 nitrogen and oxygen atoms in total. The number of benzene rings is 2. The Kier molecular flexibility index (Phi) is 5.84. The number of halogens is 6. The van der Waals surface area contributed by atoms with Crippen molar-refractivity contribution in [1.82, 2.24) is 0 Å². The van der Waals surface area contributed by atoms with Gasteiger partial charge in [0.25, 0.3) is 0 Å².